The zero-order chi connectivity index (χ0) is 14.2. The van der Waals surface area contributed by atoms with E-state index >= 15 is 0 Å². The van der Waals surface area contributed by atoms with Crippen LogP contribution in [0.15, 0.2) is 28.3 Å². The maximum absolute atomic E-state index is 11.4. The van der Waals surface area contributed by atoms with Crippen LogP contribution < -0.4 is 10.7 Å². The lowest BCUT2D eigenvalue weighted by molar-refractivity contribution is -0.115. The van der Waals surface area contributed by atoms with E-state index in [4.69, 9.17) is 0 Å². The topological polar surface area (TPSA) is 65.8 Å². The summed E-state index contributed by atoms with van der Waals surface area (Å²) in [5, 5.41) is 8.25. The van der Waals surface area contributed by atoms with E-state index in [1.54, 1.807) is 11.8 Å². The molecular weight excluding hydrogens is 284 g/mol. The molecule has 1 fully saturated rings. The van der Waals surface area contributed by atoms with E-state index < -0.39 is 0 Å². The smallest absolute Gasteiger partial charge is 0.228 e. The van der Waals surface area contributed by atoms with Crippen molar-refractivity contribution in [2.45, 2.75) is 31.7 Å². The first kappa shape index (κ1) is 12.9. The minimum Gasteiger partial charge on any atom is -0.326 e. The largest absolute Gasteiger partial charge is 0.326 e. The molecule has 1 saturated carbocycles. The molecule has 4 rings (SSSR count). The van der Waals surface area contributed by atoms with E-state index in [0.29, 0.717) is 12.5 Å². The lowest BCUT2D eigenvalue weighted by Crippen LogP contribution is -2.28. The predicted octanol–water partition coefficient (Wildman–Crippen LogP) is 2.13. The highest BCUT2D eigenvalue weighted by molar-refractivity contribution is 8.14. The van der Waals surface area contributed by atoms with Crippen molar-refractivity contribution in [2.75, 3.05) is 11.1 Å². The van der Waals surface area contributed by atoms with Crippen LogP contribution >= 0.6 is 11.8 Å². The number of aliphatic imine (C=N–C) groups is 1. The molecule has 0 spiro atoms. The number of nitrogens with zero attached hydrogens (tertiary/aromatic N) is 2. The Labute approximate surface area is 127 Å². The quantitative estimate of drug-likeness (QED) is 0.879. The highest BCUT2D eigenvalue weighted by Gasteiger charge is 2.21. The van der Waals surface area contributed by atoms with Crippen molar-refractivity contribution in [3.8, 4) is 0 Å². The molecule has 2 N–H and O–H groups in total. The van der Waals surface area contributed by atoms with Crippen LogP contribution in [-0.4, -0.2) is 28.6 Å². The third-order valence-electron chi connectivity index (χ3n) is 4.07. The maximum Gasteiger partial charge on any atom is 0.228 e. The van der Waals surface area contributed by atoms with Crippen LogP contribution in [0.5, 0.6) is 0 Å². The van der Waals surface area contributed by atoms with Crippen LogP contribution in [0.4, 0.5) is 5.69 Å². The first-order valence-corrected chi connectivity index (χ1v) is 8.23. The number of benzene rings is 1. The molecule has 0 aromatic heterocycles. The number of hydrogen-bond donors (Lipinski definition) is 2. The molecule has 5 nitrogen and oxygen atoms in total. The number of thioether (sulfide) groups is 1. The van der Waals surface area contributed by atoms with Gasteiger partial charge in [-0.2, -0.15) is 5.10 Å². The van der Waals surface area contributed by atoms with Crippen molar-refractivity contribution < 1.29 is 4.79 Å². The van der Waals surface area contributed by atoms with Gasteiger partial charge in [-0.1, -0.05) is 23.9 Å². The molecule has 3 aliphatic rings. The summed E-state index contributed by atoms with van der Waals surface area (Å²) in [6.45, 7) is 0. The van der Waals surface area contributed by atoms with Gasteiger partial charge in [0.2, 0.25) is 5.91 Å². The van der Waals surface area contributed by atoms with Gasteiger partial charge in [-0.25, -0.2) is 0 Å². The SMILES string of the molecule is O=C1Cc2ccc(C3=NNC(=NC4CCC4)SC3)cc2N1. The van der Waals surface area contributed by atoms with Gasteiger partial charge >= 0.3 is 0 Å². The van der Waals surface area contributed by atoms with Crippen LogP contribution in [0, 0.1) is 0 Å². The van der Waals surface area contributed by atoms with E-state index in [-0.39, 0.29) is 5.91 Å². The number of hydrazone groups is 1. The van der Waals surface area contributed by atoms with Gasteiger partial charge < -0.3 is 5.32 Å². The molecule has 0 atom stereocenters. The molecule has 1 aromatic carbocycles. The third-order valence-corrected chi connectivity index (χ3v) is 4.96. The maximum atomic E-state index is 11.4. The van der Waals surface area contributed by atoms with Crippen LogP contribution in [0.1, 0.15) is 30.4 Å². The Balaban J connectivity index is 1.51. The van der Waals surface area contributed by atoms with E-state index in [2.05, 4.69) is 20.8 Å². The molecule has 21 heavy (non-hydrogen) atoms. The normalized spacial score (nSPS) is 23.1. The zero-order valence-corrected chi connectivity index (χ0v) is 12.4. The summed E-state index contributed by atoms with van der Waals surface area (Å²) in [6, 6.07) is 6.55. The molecule has 0 radical (unpaired) electrons. The predicted molar refractivity (Wildman–Crippen MR) is 86.0 cm³/mol. The van der Waals surface area contributed by atoms with E-state index in [9.17, 15) is 4.79 Å². The second kappa shape index (κ2) is 5.18. The molecular formula is C15H16N4OS. The van der Waals surface area contributed by atoms with Crippen LogP contribution in [0.25, 0.3) is 0 Å². The second-order valence-corrected chi connectivity index (χ2v) is 6.54. The van der Waals surface area contributed by atoms with Crippen molar-refractivity contribution in [3.05, 3.63) is 29.3 Å². The van der Waals surface area contributed by atoms with Crippen molar-refractivity contribution in [1.29, 1.82) is 0 Å². The molecule has 6 heteroatoms. The molecule has 1 aliphatic carbocycles. The Morgan fingerprint density at radius 1 is 1.33 bits per heavy atom. The number of amides is 1. The lowest BCUT2D eigenvalue weighted by atomic mass is 9.94. The highest BCUT2D eigenvalue weighted by atomic mass is 32.2. The number of carbonyl (C=O) groups excluding carboxylic acids is 1. The average molecular weight is 300 g/mol. The number of fused-ring (bicyclic) bond motifs is 1. The van der Waals surface area contributed by atoms with Gasteiger partial charge in [0.1, 0.15) is 0 Å². The van der Waals surface area contributed by atoms with Gasteiger partial charge in [0.15, 0.2) is 5.17 Å². The van der Waals surface area contributed by atoms with Gasteiger partial charge in [-0.05, 0) is 30.9 Å². The molecule has 0 saturated heterocycles. The zero-order valence-electron chi connectivity index (χ0n) is 11.6. The Hall–Kier alpha value is -1.82. The van der Waals surface area contributed by atoms with Crippen LogP contribution in [0.2, 0.25) is 0 Å². The van der Waals surface area contributed by atoms with Crippen LogP contribution in [0.3, 0.4) is 0 Å². The van der Waals surface area contributed by atoms with E-state index in [1.807, 2.05) is 18.2 Å². The highest BCUT2D eigenvalue weighted by Crippen LogP contribution is 2.27. The summed E-state index contributed by atoms with van der Waals surface area (Å²) in [5.74, 6) is 0.876. The van der Waals surface area contributed by atoms with Gasteiger partial charge in [0.25, 0.3) is 0 Å². The molecule has 2 aliphatic heterocycles. The summed E-state index contributed by atoms with van der Waals surface area (Å²) in [4.78, 5) is 16.0. The third kappa shape index (κ3) is 2.55. The van der Waals surface area contributed by atoms with Crippen molar-refractivity contribution in [2.24, 2.45) is 10.1 Å². The fourth-order valence-electron chi connectivity index (χ4n) is 2.61. The summed E-state index contributed by atoms with van der Waals surface area (Å²) < 4.78 is 0. The molecule has 1 amide bonds. The lowest BCUT2D eigenvalue weighted by Gasteiger charge is -2.23. The summed E-state index contributed by atoms with van der Waals surface area (Å²) >= 11 is 1.70. The van der Waals surface area contributed by atoms with Gasteiger partial charge in [0, 0.05) is 17.0 Å². The van der Waals surface area contributed by atoms with Crippen molar-refractivity contribution >= 4 is 34.2 Å². The van der Waals surface area contributed by atoms with Gasteiger partial charge in [-0.15, -0.1) is 0 Å². The number of nitrogens with one attached hydrogen (secondary N) is 2. The Morgan fingerprint density at radius 3 is 2.95 bits per heavy atom. The summed E-state index contributed by atoms with van der Waals surface area (Å²) in [5.41, 5.74) is 7.09. The molecule has 2 heterocycles. The molecule has 0 unspecified atom stereocenters. The van der Waals surface area contributed by atoms with E-state index in [1.165, 1.54) is 19.3 Å². The number of hydrogen-bond acceptors (Lipinski definition) is 4. The standard InChI is InChI=1S/C15H16N4OS/c20-14-7-10-5-4-9(6-12(10)17-14)13-8-21-15(19-18-13)16-11-2-1-3-11/h4-6,11H,1-3,7-8H2,(H,16,19)(H,17,20). The molecule has 1 aromatic rings. The number of rotatable bonds is 2. The van der Waals surface area contributed by atoms with E-state index in [0.717, 1.165) is 33.4 Å². The monoisotopic (exact) mass is 300 g/mol. The fourth-order valence-corrected chi connectivity index (χ4v) is 3.44. The van der Waals surface area contributed by atoms with Gasteiger partial charge in [-0.3, -0.25) is 15.2 Å². The molecule has 0 bridgehead atoms. The Kier molecular flexibility index (Phi) is 3.18. The fraction of sp³-hybridized carbons (Fsp3) is 0.400. The molecule has 108 valence electrons. The summed E-state index contributed by atoms with van der Waals surface area (Å²) in [6.07, 6.45) is 4.18. The van der Waals surface area contributed by atoms with Crippen molar-refractivity contribution in [1.82, 2.24) is 5.43 Å². The minimum atomic E-state index is 0.0650. The minimum absolute atomic E-state index is 0.0650. The van der Waals surface area contributed by atoms with Gasteiger partial charge in [0.05, 0.1) is 18.2 Å². The summed E-state index contributed by atoms with van der Waals surface area (Å²) in [7, 11) is 0. The first-order chi connectivity index (χ1) is 10.3. The van der Waals surface area contributed by atoms with Crippen LogP contribution in [-0.2, 0) is 11.2 Å². The Morgan fingerprint density at radius 2 is 2.24 bits per heavy atom. The first-order valence-electron chi connectivity index (χ1n) is 7.24. The average Bonchev–Trinajstić information content (AvgIpc) is 2.82. The van der Waals surface area contributed by atoms with Crippen molar-refractivity contribution in [3.63, 3.8) is 0 Å². The number of anilines is 1. The number of amidine groups is 1. The Bertz CT molecular complexity index is 664. The number of carbonyl (C=O) groups is 1. The second-order valence-electron chi connectivity index (χ2n) is 5.57.